The molecule has 0 aliphatic heterocycles. The van der Waals surface area contributed by atoms with Gasteiger partial charge in [0.15, 0.2) is 0 Å². The first kappa shape index (κ1) is 16.1. The Labute approximate surface area is 144 Å². The first-order valence-electron chi connectivity index (χ1n) is 8.28. The van der Waals surface area contributed by atoms with Crippen molar-refractivity contribution in [2.45, 2.75) is 19.8 Å². The maximum Gasteiger partial charge on any atom is 0.118 e. The molecule has 0 radical (unpaired) electrons. The van der Waals surface area contributed by atoms with Crippen LogP contribution in [0.5, 0.6) is 5.75 Å². The van der Waals surface area contributed by atoms with E-state index in [0.29, 0.717) is 0 Å². The van der Waals surface area contributed by atoms with Gasteiger partial charge in [-0.25, -0.2) is 0 Å². The Hall–Kier alpha value is -2.74. The van der Waals surface area contributed by atoms with Crippen LogP contribution in [0.1, 0.15) is 16.7 Å². The Morgan fingerprint density at radius 1 is 0.750 bits per heavy atom. The van der Waals surface area contributed by atoms with Crippen molar-refractivity contribution < 1.29 is 4.74 Å². The molecule has 122 valence electrons. The molecule has 0 spiro atoms. The molecule has 0 aliphatic rings. The van der Waals surface area contributed by atoms with Crippen molar-refractivity contribution in [1.82, 2.24) is 0 Å². The first-order chi connectivity index (χ1) is 11.7. The fourth-order valence-corrected chi connectivity index (χ4v) is 2.73. The molecular formula is C22H23NO. The Morgan fingerprint density at radius 3 is 1.96 bits per heavy atom. The molecule has 0 unspecified atom stereocenters. The maximum absolute atomic E-state index is 5.19. The normalized spacial score (nSPS) is 10.4. The summed E-state index contributed by atoms with van der Waals surface area (Å²) in [6, 6.07) is 25.4. The van der Waals surface area contributed by atoms with Gasteiger partial charge in [0.1, 0.15) is 5.75 Å². The summed E-state index contributed by atoms with van der Waals surface area (Å²) in [6.07, 6.45) is 2.08. The molecule has 24 heavy (non-hydrogen) atoms. The van der Waals surface area contributed by atoms with E-state index in [1.165, 1.54) is 16.7 Å². The summed E-state index contributed by atoms with van der Waals surface area (Å²) in [5, 5.41) is 3.44. The number of ether oxygens (including phenoxy) is 1. The van der Waals surface area contributed by atoms with E-state index in [1.54, 1.807) is 7.11 Å². The van der Waals surface area contributed by atoms with Crippen molar-refractivity contribution in [3.63, 3.8) is 0 Å². The molecule has 0 amide bonds. The number of hydrogen-bond donors (Lipinski definition) is 1. The van der Waals surface area contributed by atoms with Gasteiger partial charge in [-0.1, -0.05) is 36.4 Å². The van der Waals surface area contributed by atoms with Crippen molar-refractivity contribution in [1.29, 1.82) is 0 Å². The predicted molar refractivity (Wildman–Crippen MR) is 101 cm³/mol. The largest absolute Gasteiger partial charge is 0.497 e. The second kappa shape index (κ2) is 7.69. The number of rotatable bonds is 6. The highest BCUT2D eigenvalue weighted by atomic mass is 16.5. The first-order valence-corrected chi connectivity index (χ1v) is 8.28. The van der Waals surface area contributed by atoms with Gasteiger partial charge in [-0.05, 0) is 72.9 Å². The number of benzene rings is 3. The SMILES string of the molecule is COc1ccc(CCc2ccc(Nc3cccc(C)c3)cc2)cc1. The van der Waals surface area contributed by atoms with E-state index in [1.807, 2.05) is 12.1 Å². The molecule has 0 heterocycles. The zero-order valence-electron chi connectivity index (χ0n) is 14.3. The van der Waals surface area contributed by atoms with Crippen LogP contribution in [0.25, 0.3) is 0 Å². The van der Waals surface area contributed by atoms with E-state index in [9.17, 15) is 0 Å². The Morgan fingerprint density at radius 2 is 1.38 bits per heavy atom. The second-order valence-electron chi connectivity index (χ2n) is 6.04. The van der Waals surface area contributed by atoms with Crippen molar-refractivity contribution in [3.05, 3.63) is 89.5 Å². The maximum atomic E-state index is 5.19. The average Bonchev–Trinajstić information content (AvgIpc) is 2.62. The molecule has 1 N–H and O–H groups in total. The topological polar surface area (TPSA) is 21.3 Å². The molecule has 0 bridgehead atoms. The van der Waals surface area contributed by atoms with E-state index in [0.717, 1.165) is 30.0 Å². The number of hydrogen-bond acceptors (Lipinski definition) is 2. The monoisotopic (exact) mass is 317 g/mol. The van der Waals surface area contributed by atoms with Gasteiger partial charge in [0.2, 0.25) is 0 Å². The summed E-state index contributed by atoms with van der Waals surface area (Å²) in [5.74, 6) is 0.908. The third-order valence-electron chi connectivity index (χ3n) is 4.12. The van der Waals surface area contributed by atoms with E-state index < -0.39 is 0 Å². The molecule has 3 aromatic rings. The summed E-state index contributed by atoms with van der Waals surface area (Å²) in [5.41, 5.74) is 6.18. The fraction of sp³-hybridized carbons (Fsp3) is 0.182. The molecule has 0 aromatic heterocycles. The lowest BCUT2D eigenvalue weighted by Gasteiger charge is -2.09. The Balaban J connectivity index is 1.57. The molecule has 0 fully saturated rings. The van der Waals surface area contributed by atoms with Crippen molar-refractivity contribution in [3.8, 4) is 5.75 Å². The molecule has 3 aromatic carbocycles. The molecule has 0 saturated heterocycles. The standard InChI is InChI=1S/C22H23NO/c1-17-4-3-5-21(16-17)23-20-12-8-18(9-13-20)6-7-19-10-14-22(24-2)15-11-19/h3-5,8-16,23H,6-7H2,1-2H3. The van der Waals surface area contributed by atoms with Crippen LogP contribution in [-0.2, 0) is 12.8 Å². The molecule has 2 nitrogen and oxygen atoms in total. The van der Waals surface area contributed by atoms with Crippen molar-refractivity contribution in [2.24, 2.45) is 0 Å². The lowest BCUT2D eigenvalue weighted by Crippen LogP contribution is -1.94. The van der Waals surface area contributed by atoms with E-state index in [-0.39, 0.29) is 0 Å². The highest BCUT2D eigenvalue weighted by molar-refractivity contribution is 5.60. The number of nitrogens with one attached hydrogen (secondary N) is 1. The number of anilines is 2. The average molecular weight is 317 g/mol. The molecule has 0 saturated carbocycles. The summed E-state index contributed by atoms with van der Waals surface area (Å²) < 4.78 is 5.19. The summed E-state index contributed by atoms with van der Waals surface area (Å²) >= 11 is 0. The minimum Gasteiger partial charge on any atom is -0.497 e. The molecule has 0 aliphatic carbocycles. The van der Waals surface area contributed by atoms with Crippen LogP contribution < -0.4 is 10.1 Å². The molecule has 3 rings (SSSR count). The van der Waals surface area contributed by atoms with Crippen LogP contribution >= 0.6 is 0 Å². The van der Waals surface area contributed by atoms with Crippen LogP contribution in [0.3, 0.4) is 0 Å². The minimum atomic E-state index is 0.908. The molecular weight excluding hydrogens is 294 g/mol. The number of methoxy groups -OCH3 is 1. The summed E-state index contributed by atoms with van der Waals surface area (Å²) in [4.78, 5) is 0. The summed E-state index contributed by atoms with van der Waals surface area (Å²) in [6.45, 7) is 2.10. The highest BCUT2D eigenvalue weighted by Gasteiger charge is 1.99. The van der Waals surface area contributed by atoms with Crippen LogP contribution in [0.4, 0.5) is 11.4 Å². The minimum absolute atomic E-state index is 0.908. The smallest absolute Gasteiger partial charge is 0.118 e. The zero-order valence-corrected chi connectivity index (χ0v) is 14.3. The zero-order chi connectivity index (χ0) is 16.8. The third-order valence-corrected chi connectivity index (χ3v) is 4.12. The van der Waals surface area contributed by atoms with Gasteiger partial charge in [-0.3, -0.25) is 0 Å². The fourth-order valence-electron chi connectivity index (χ4n) is 2.73. The van der Waals surface area contributed by atoms with Crippen molar-refractivity contribution in [2.75, 3.05) is 12.4 Å². The predicted octanol–water partition coefficient (Wildman–Crippen LogP) is 5.53. The van der Waals surface area contributed by atoms with Gasteiger partial charge in [0, 0.05) is 11.4 Å². The van der Waals surface area contributed by atoms with E-state index >= 15 is 0 Å². The highest BCUT2D eigenvalue weighted by Crippen LogP contribution is 2.19. The Bertz CT molecular complexity index is 776. The van der Waals surface area contributed by atoms with Crippen LogP contribution in [-0.4, -0.2) is 7.11 Å². The van der Waals surface area contributed by atoms with E-state index in [4.69, 9.17) is 4.74 Å². The number of aryl methyl sites for hydroxylation is 3. The van der Waals surface area contributed by atoms with Crippen molar-refractivity contribution >= 4 is 11.4 Å². The van der Waals surface area contributed by atoms with Crippen LogP contribution in [0.2, 0.25) is 0 Å². The molecule has 2 heteroatoms. The van der Waals surface area contributed by atoms with Crippen LogP contribution in [0, 0.1) is 6.92 Å². The Kier molecular flexibility index (Phi) is 5.17. The van der Waals surface area contributed by atoms with Gasteiger partial charge in [0.05, 0.1) is 7.11 Å². The van der Waals surface area contributed by atoms with Gasteiger partial charge in [-0.15, -0.1) is 0 Å². The molecule has 0 atom stereocenters. The van der Waals surface area contributed by atoms with Gasteiger partial charge in [0.25, 0.3) is 0 Å². The van der Waals surface area contributed by atoms with Gasteiger partial charge < -0.3 is 10.1 Å². The second-order valence-corrected chi connectivity index (χ2v) is 6.04. The lowest BCUT2D eigenvalue weighted by molar-refractivity contribution is 0.414. The quantitative estimate of drug-likeness (QED) is 0.645. The van der Waals surface area contributed by atoms with Gasteiger partial charge in [-0.2, -0.15) is 0 Å². The van der Waals surface area contributed by atoms with Crippen LogP contribution in [0.15, 0.2) is 72.8 Å². The van der Waals surface area contributed by atoms with Gasteiger partial charge >= 0.3 is 0 Å². The lowest BCUT2D eigenvalue weighted by atomic mass is 10.0. The summed E-state index contributed by atoms with van der Waals surface area (Å²) in [7, 11) is 1.70. The van der Waals surface area contributed by atoms with E-state index in [2.05, 4.69) is 72.9 Å². The third kappa shape index (κ3) is 4.39.